The predicted octanol–water partition coefficient (Wildman–Crippen LogP) is 1.91. The summed E-state index contributed by atoms with van der Waals surface area (Å²) in [5, 5.41) is 1.03. The number of aromatic nitrogens is 1. The van der Waals surface area contributed by atoms with Crippen LogP contribution < -0.4 is 10.7 Å². The molecule has 2 rings (SSSR count). The normalized spacial score (nSPS) is 9.31. The van der Waals surface area contributed by atoms with Crippen molar-refractivity contribution in [2.24, 2.45) is 5.90 Å². The van der Waals surface area contributed by atoms with E-state index in [9.17, 15) is 0 Å². The molecule has 2 aromatic rings. The van der Waals surface area contributed by atoms with Crippen LogP contribution in [-0.4, -0.2) is 4.98 Å². The van der Waals surface area contributed by atoms with Crippen molar-refractivity contribution in [2.75, 3.05) is 0 Å². The molecule has 0 fully saturated rings. The zero-order valence-corrected chi connectivity index (χ0v) is 7.62. The van der Waals surface area contributed by atoms with Crippen LogP contribution in [-0.2, 0) is 0 Å². The van der Waals surface area contributed by atoms with Gasteiger partial charge in [-0.25, -0.2) is 0 Å². The van der Waals surface area contributed by atoms with Gasteiger partial charge in [0.2, 0.25) is 0 Å². The Labute approximate surface area is 81.9 Å². The molecule has 0 bridgehead atoms. The van der Waals surface area contributed by atoms with Crippen LogP contribution in [0.4, 0.5) is 0 Å². The smallest absolute Gasteiger partial charge is 0.173 e. The third-order valence-electron chi connectivity index (χ3n) is 1.72. The summed E-state index contributed by atoms with van der Waals surface area (Å²) >= 11 is 0. The van der Waals surface area contributed by atoms with Crippen LogP contribution in [0.25, 0.3) is 10.9 Å². The second-order valence-electron chi connectivity index (χ2n) is 2.45. The Hall–Kier alpha value is -1.32. The third-order valence-corrected chi connectivity index (χ3v) is 1.72. The molecule has 0 spiro atoms. The summed E-state index contributed by atoms with van der Waals surface area (Å²) in [6, 6.07) is 9.47. The van der Waals surface area contributed by atoms with Gasteiger partial charge in [0.15, 0.2) is 5.75 Å². The highest BCUT2D eigenvalue weighted by Crippen LogP contribution is 2.21. The number of nitrogens with two attached hydrogens (primary N) is 1. The summed E-state index contributed by atoms with van der Waals surface area (Å²) in [4.78, 5) is 8.81. The summed E-state index contributed by atoms with van der Waals surface area (Å²) in [5.74, 6) is 5.68. The van der Waals surface area contributed by atoms with Gasteiger partial charge in [0, 0.05) is 11.6 Å². The van der Waals surface area contributed by atoms with Gasteiger partial charge in [-0.15, -0.1) is 12.4 Å². The zero-order valence-electron chi connectivity index (χ0n) is 6.81. The quantitative estimate of drug-likeness (QED) is 0.709. The molecule has 0 atom stereocenters. The number of benzene rings is 1. The van der Waals surface area contributed by atoms with Crippen molar-refractivity contribution >= 4 is 23.3 Å². The van der Waals surface area contributed by atoms with E-state index in [2.05, 4.69) is 9.82 Å². The highest BCUT2D eigenvalue weighted by molar-refractivity contribution is 5.85. The minimum atomic E-state index is 0. The zero-order chi connectivity index (χ0) is 8.39. The molecule has 0 aliphatic rings. The number of pyridine rings is 1. The number of nitrogens with zero attached hydrogens (tertiary/aromatic N) is 1. The Morgan fingerprint density at radius 3 is 2.69 bits per heavy atom. The molecule has 0 saturated heterocycles. The lowest BCUT2D eigenvalue weighted by atomic mass is 10.2. The lowest BCUT2D eigenvalue weighted by Crippen LogP contribution is -2.02. The van der Waals surface area contributed by atoms with Crippen molar-refractivity contribution < 1.29 is 4.84 Å². The number of para-hydroxylation sites is 1. The molecular formula is C9H9ClN2O. The van der Waals surface area contributed by atoms with Gasteiger partial charge in [0.1, 0.15) is 5.52 Å². The van der Waals surface area contributed by atoms with E-state index in [1.165, 1.54) is 0 Å². The first-order valence-electron chi connectivity index (χ1n) is 3.62. The number of fused-ring (bicyclic) bond motifs is 1. The van der Waals surface area contributed by atoms with Crippen molar-refractivity contribution in [3.63, 3.8) is 0 Å². The molecule has 0 radical (unpaired) electrons. The van der Waals surface area contributed by atoms with Gasteiger partial charge in [-0.05, 0) is 12.1 Å². The highest BCUT2D eigenvalue weighted by atomic mass is 35.5. The first-order valence-corrected chi connectivity index (χ1v) is 3.62. The minimum absolute atomic E-state index is 0. The van der Waals surface area contributed by atoms with E-state index in [-0.39, 0.29) is 12.4 Å². The Bertz CT molecular complexity index is 400. The third kappa shape index (κ3) is 1.71. The minimum Gasteiger partial charge on any atom is -0.409 e. The number of halogens is 1. The van der Waals surface area contributed by atoms with Crippen molar-refractivity contribution in [3.05, 3.63) is 36.5 Å². The van der Waals surface area contributed by atoms with Crippen LogP contribution in [0.15, 0.2) is 36.5 Å². The summed E-state index contributed by atoms with van der Waals surface area (Å²) in [7, 11) is 0. The van der Waals surface area contributed by atoms with E-state index in [1.54, 1.807) is 12.3 Å². The molecule has 1 aromatic carbocycles. The van der Waals surface area contributed by atoms with Gasteiger partial charge >= 0.3 is 0 Å². The van der Waals surface area contributed by atoms with E-state index < -0.39 is 0 Å². The first kappa shape index (κ1) is 9.77. The van der Waals surface area contributed by atoms with Gasteiger partial charge in [-0.2, -0.15) is 5.90 Å². The Morgan fingerprint density at radius 2 is 1.92 bits per heavy atom. The molecule has 1 heterocycles. The molecule has 0 aliphatic carbocycles. The standard InChI is InChI=1S/C9H8N2O.ClH/c10-12-8-5-1-3-7-4-2-6-11-9(7)8;/h1-6H,10H2;1H. The van der Waals surface area contributed by atoms with Crippen LogP contribution in [0.1, 0.15) is 0 Å². The summed E-state index contributed by atoms with van der Waals surface area (Å²) in [6.07, 6.45) is 1.71. The van der Waals surface area contributed by atoms with Crippen LogP contribution in [0.3, 0.4) is 0 Å². The predicted molar refractivity (Wildman–Crippen MR) is 53.8 cm³/mol. The summed E-state index contributed by atoms with van der Waals surface area (Å²) in [6.45, 7) is 0. The fourth-order valence-electron chi connectivity index (χ4n) is 1.17. The maximum Gasteiger partial charge on any atom is 0.173 e. The van der Waals surface area contributed by atoms with Crippen LogP contribution in [0.5, 0.6) is 5.75 Å². The average Bonchev–Trinajstić information content (AvgIpc) is 2.17. The van der Waals surface area contributed by atoms with E-state index in [1.807, 2.05) is 24.3 Å². The molecule has 2 N–H and O–H groups in total. The average molecular weight is 197 g/mol. The molecular weight excluding hydrogens is 188 g/mol. The fraction of sp³-hybridized carbons (Fsp3) is 0. The van der Waals surface area contributed by atoms with E-state index in [0.29, 0.717) is 5.75 Å². The van der Waals surface area contributed by atoms with E-state index in [0.717, 1.165) is 10.9 Å². The molecule has 4 heteroatoms. The fourth-order valence-corrected chi connectivity index (χ4v) is 1.17. The molecule has 0 amide bonds. The van der Waals surface area contributed by atoms with Crippen molar-refractivity contribution in [1.29, 1.82) is 0 Å². The molecule has 68 valence electrons. The second-order valence-corrected chi connectivity index (χ2v) is 2.45. The molecule has 0 saturated carbocycles. The molecule has 13 heavy (non-hydrogen) atoms. The maximum absolute atomic E-state index is 5.08. The maximum atomic E-state index is 5.08. The first-order chi connectivity index (χ1) is 5.92. The monoisotopic (exact) mass is 196 g/mol. The van der Waals surface area contributed by atoms with Gasteiger partial charge < -0.3 is 4.84 Å². The second kappa shape index (κ2) is 4.07. The Kier molecular flexibility index (Phi) is 3.06. The van der Waals surface area contributed by atoms with Crippen molar-refractivity contribution in [3.8, 4) is 5.75 Å². The summed E-state index contributed by atoms with van der Waals surface area (Å²) < 4.78 is 0. The molecule has 0 unspecified atom stereocenters. The number of rotatable bonds is 1. The Balaban J connectivity index is 0.000000845. The van der Waals surface area contributed by atoms with Gasteiger partial charge in [0.05, 0.1) is 0 Å². The lowest BCUT2D eigenvalue weighted by Gasteiger charge is -2.01. The van der Waals surface area contributed by atoms with E-state index in [4.69, 9.17) is 5.90 Å². The summed E-state index contributed by atoms with van der Waals surface area (Å²) in [5.41, 5.74) is 0.794. The van der Waals surface area contributed by atoms with Crippen molar-refractivity contribution in [1.82, 2.24) is 4.98 Å². The topological polar surface area (TPSA) is 48.1 Å². The molecule has 0 aliphatic heterocycles. The van der Waals surface area contributed by atoms with Gasteiger partial charge in [-0.1, -0.05) is 18.2 Å². The number of hydrogen-bond acceptors (Lipinski definition) is 3. The molecule has 3 nitrogen and oxygen atoms in total. The van der Waals surface area contributed by atoms with Crippen LogP contribution in [0, 0.1) is 0 Å². The van der Waals surface area contributed by atoms with Crippen LogP contribution in [0.2, 0.25) is 0 Å². The SMILES string of the molecule is Cl.NOc1cccc2cccnc12. The van der Waals surface area contributed by atoms with E-state index >= 15 is 0 Å². The Morgan fingerprint density at radius 1 is 1.15 bits per heavy atom. The van der Waals surface area contributed by atoms with Gasteiger partial charge in [0.25, 0.3) is 0 Å². The van der Waals surface area contributed by atoms with Crippen molar-refractivity contribution in [2.45, 2.75) is 0 Å². The molecule has 1 aromatic heterocycles. The number of hydrogen-bond donors (Lipinski definition) is 1. The lowest BCUT2D eigenvalue weighted by molar-refractivity contribution is 0.338. The van der Waals surface area contributed by atoms with Gasteiger partial charge in [-0.3, -0.25) is 4.98 Å². The highest BCUT2D eigenvalue weighted by Gasteiger charge is 1.99. The largest absolute Gasteiger partial charge is 0.409 e. The van der Waals surface area contributed by atoms with Crippen LogP contribution >= 0.6 is 12.4 Å².